The Morgan fingerprint density at radius 1 is 1.19 bits per heavy atom. The zero-order valence-corrected chi connectivity index (χ0v) is 11.8. The van der Waals surface area contributed by atoms with Gasteiger partial charge in [0.15, 0.2) is 5.11 Å². The molecule has 2 aromatic rings. The summed E-state index contributed by atoms with van der Waals surface area (Å²) in [5, 5.41) is 4.09. The maximum atomic E-state index is 11.7. The molecule has 1 aromatic carbocycles. The van der Waals surface area contributed by atoms with E-state index in [9.17, 15) is 9.59 Å². The van der Waals surface area contributed by atoms with E-state index in [2.05, 4.69) is 28.2 Å². The zero-order valence-electron chi connectivity index (χ0n) is 10.9. The maximum Gasteiger partial charge on any atom is 0.267 e. The number of thiocarbonyl (C=S) groups is 1. The average Bonchev–Trinajstić information content (AvgIpc) is 2.48. The normalized spacial score (nSPS) is 9.90. The molecule has 0 fully saturated rings. The molecular formula is C13H13N5O2S. The zero-order chi connectivity index (χ0) is 15.2. The Kier molecular flexibility index (Phi) is 4.62. The van der Waals surface area contributed by atoms with E-state index in [1.807, 2.05) is 30.3 Å². The number of hydrazine groups is 1. The number of nitrogens with two attached hydrogens (primary N) is 1. The smallest absolute Gasteiger partial charge is 0.267 e. The van der Waals surface area contributed by atoms with Gasteiger partial charge in [-0.15, -0.1) is 0 Å². The van der Waals surface area contributed by atoms with Crippen molar-refractivity contribution in [1.29, 1.82) is 0 Å². The highest BCUT2D eigenvalue weighted by Crippen LogP contribution is 2.13. The van der Waals surface area contributed by atoms with Crippen molar-refractivity contribution in [3.05, 3.63) is 52.8 Å². The molecule has 0 radical (unpaired) electrons. The Bertz CT molecular complexity index is 714. The van der Waals surface area contributed by atoms with E-state index in [0.29, 0.717) is 5.69 Å². The summed E-state index contributed by atoms with van der Waals surface area (Å²) in [5.74, 6) is -0.484. The third-order valence-corrected chi connectivity index (χ3v) is 2.66. The SMILES string of the molecule is NC(=S)NNC(=O)Cn1nc(-c2ccccc2)ccc1=O. The number of aromatic nitrogens is 2. The Balaban J connectivity index is 2.18. The molecule has 0 saturated heterocycles. The van der Waals surface area contributed by atoms with Gasteiger partial charge in [-0.2, -0.15) is 5.10 Å². The summed E-state index contributed by atoms with van der Waals surface area (Å²) in [4.78, 5) is 23.4. The number of hydrogen-bond donors (Lipinski definition) is 3. The fraction of sp³-hybridized carbons (Fsp3) is 0.0769. The van der Waals surface area contributed by atoms with Crippen LogP contribution in [0, 0.1) is 0 Å². The van der Waals surface area contributed by atoms with Gasteiger partial charge in [-0.25, -0.2) is 4.68 Å². The first kappa shape index (κ1) is 14.7. The molecular weight excluding hydrogens is 290 g/mol. The van der Waals surface area contributed by atoms with Crippen LogP contribution in [-0.2, 0) is 11.3 Å². The van der Waals surface area contributed by atoms with Crippen molar-refractivity contribution in [1.82, 2.24) is 20.6 Å². The fourth-order valence-electron chi connectivity index (χ4n) is 1.63. The van der Waals surface area contributed by atoms with Crippen molar-refractivity contribution >= 4 is 23.2 Å². The minimum absolute atomic E-state index is 0.0679. The van der Waals surface area contributed by atoms with E-state index in [1.54, 1.807) is 6.07 Å². The van der Waals surface area contributed by atoms with Crippen LogP contribution in [0.3, 0.4) is 0 Å². The van der Waals surface area contributed by atoms with E-state index in [0.717, 1.165) is 10.2 Å². The number of rotatable bonds is 3. The van der Waals surface area contributed by atoms with Gasteiger partial charge in [0.1, 0.15) is 6.54 Å². The molecule has 108 valence electrons. The molecule has 7 nitrogen and oxygen atoms in total. The van der Waals surface area contributed by atoms with E-state index in [1.165, 1.54) is 6.07 Å². The molecule has 0 bridgehead atoms. The van der Waals surface area contributed by atoms with Crippen LogP contribution in [0.4, 0.5) is 0 Å². The highest BCUT2D eigenvalue weighted by molar-refractivity contribution is 7.80. The number of carbonyl (C=O) groups excluding carboxylic acids is 1. The lowest BCUT2D eigenvalue weighted by atomic mass is 10.1. The van der Waals surface area contributed by atoms with Crippen LogP contribution in [0.1, 0.15) is 0 Å². The summed E-state index contributed by atoms with van der Waals surface area (Å²) in [6.07, 6.45) is 0. The molecule has 0 aliphatic rings. The minimum atomic E-state index is -0.484. The lowest BCUT2D eigenvalue weighted by Gasteiger charge is -2.08. The Morgan fingerprint density at radius 2 is 1.90 bits per heavy atom. The summed E-state index contributed by atoms with van der Waals surface area (Å²) in [5.41, 5.74) is 10.8. The second-order valence-electron chi connectivity index (χ2n) is 4.12. The number of nitrogens with one attached hydrogen (secondary N) is 2. The van der Waals surface area contributed by atoms with E-state index < -0.39 is 5.91 Å². The number of amides is 1. The highest BCUT2D eigenvalue weighted by atomic mass is 32.1. The standard InChI is InChI=1S/C13H13N5O2S/c14-13(21)16-15-11(19)8-18-12(20)7-6-10(17-18)9-4-2-1-3-5-9/h1-7H,8H2,(H,15,19)(H3,14,16,21). The monoisotopic (exact) mass is 303 g/mol. The molecule has 8 heteroatoms. The molecule has 0 unspecified atom stereocenters. The van der Waals surface area contributed by atoms with Gasteiger partial charge < -0.3 is 5.73 Å². The molecule has 21 heavy (non-hydrogen) atoms. The minimum Gasteiger partial charge on any atom is -0.375 e. The van der Waals surface area contributed by atoms with Crippen molar-refractivity contribution in [2.24, 2.45) is 5.73 Å². The van der Waals surface area contributed by atoms with Gasteiger partial charge in [0.05, 0.1) is 5.69 Å². The lowest BCUT2D eigenvalue weighted by Crippen LogP contribution is -2.46. The van der Waals surface area contributed by atoms with Crippen LogP contribution in [0.5, 0.6) is 0 Å². The van der Waals surface area contributed by atoms with Crippen molar-refractivity contribution < 1.29 is 4.79 Å². The fourth-order valence-corrected chi connectivity index (χ4v) is 1.68. The van der Waals surface area contributed by atoms with Crippen molar-refractivity contribution in [3.8, 4) is 11.3 Å². The largest absolute Gasteiger partial charge is 0.375 e. The topological polar surface area (TPSA) is 102 Å². The predicted octanol–water partition coefficient (Wildman–Crippen LogP) is -0.225. The predicted molar refractivity (Wildman–Crippen MR) is 82.0 cm³/mol. The number of carbonyl (C=O) groups is 1. The average molecular weight is 303 g/mol. The molecule has 4 N–H and O–H groups in total. The van der Waals surface area contributed by atoms with E-state index >= 15 is 0 Å². The van der Waals surface area contributed by atoms with Gasteiger partial charge in [-0.05, 0) is 18.3 Å². The second-order valence-corrected chi connectivity index (χ2v) is 4.56. The quantitative estimate of drug-likeness (QED) is 0.535. The molecule has 0 aliphatic carbocycles. The van der Waals surface area contributed by atoms with Crippen LogP contribution in [0.15, 0.2) is 47.3 Å². The van der Waals surface area contributed by atoms with E-state index in [-0.39, 0.29) is 17.2 Å². The van der Waals surface area contributed by atoms with Gasteiger partial charge in [-0.1, -0.05) is 30.3 Å². The molecule has 0 spiro atoms. The first-order chi connectivity index (χ1) is 10.1. The Labute approximate surface area is 125 Å². The molecule has 0 aliphatic heterocycles. The lowest BCUT2D eigenvalue weighted by molar-refractivity contribution is -0.122. The van der Waals surface area contributed by atoms with Crippen molar-refractivity contribution in [2.75, 3.05) is 0 Å². The summed E-state index contributed by atoms with van der Waals surface area (Å²) in [7, 11) is 0. The van der Waals surface area contributed by atoms with Gasteiger partial charge in [0.25, 0.3) is 11.5 Å². The van der Waals surface area contributed by atoms with Crippen LogP contribution >= 0.6 is 12.2 Å². The molecule has 2 rings (SSSR count). The number of nitrogens with zero attached hydrogens (tertiary/aromatic N) is 2. The molecule has 1 amide bonds. The summed E-state index contributed by atoms with van der Waals surface area (Å²) in [6, 6.07) is 12.3. The van der Waals surface area contributed by atoms with Crippen LogP contribution in [-0.4, -0.2) is 20.8 Å². The van der Waals surface area contributed by atoms with Gasteiger partial charge in [0, 0.05) is 11.6 Å². The van der Waals surface area contributed by atoms with Crippen LogP contribution in [0.2, 0.25) is 0 Å². The van der Waals surface area contributed by atoms with Crippen molar-refractivity contribution in [2.45, 2.75) is 6.54 Å². The summed E-state index contributed by atoms with van der Waals surface area (Å²) < 4.78 is 1.07. The van der Waals surface area contributed by atoms with E-state index in [4.69, 9.17) is 5.73 Å². The number of hydrogen-bond acceptors (Lipinski definition) is 4. The van der Waals surface area contributed by atoms with Gasteiger partial charge in [0.2, 0.25) is 0 Å². The van der Waals surface area contributed by atoms with Crippen LogP contribution in [0.25, 0.3) is 11.3 Å². The molecule has 0 saturated carbocycles. The van der Waals surface area contributed by atoms with Crippen molar-refractivity contribution in [3.63, 3.8) is 0 Å². The Hall–Kier alpha value is -2.74. The third kappa shape index (κ3) is 4.11. The van der Waals surface area contributed by atoms with Crippen LogP contribution < -0.4 is 22.1 Å². The highest BCUT2D eigenvalue weighted by Gasteiger charge is 2.07. The number of benzene rings is 1. The van der Waals surface area contributed by atoms with Gasteiger partial charge >= 0.3 is 0 Å². The molecule has 1 heterocycles. The first-order valence-corrected chi connectivity index (χ1v) is 6.45. The second kappa shape index (κ2) is 6.62. The first-order valence-electron chi connectivity index (χ1n) is 6.04. The summed E-state index contributed by atoms with van der Waals surface area (Å²) >= 11 is 4.56. The maximum absolute atomic E-state index is 11.7. The van der Waals surface area contributed by atoms with Gasteiger partial charge in [-0.3, -0.25) is 20.4 Å². The third-order valence-electron chi connectivity index (χ3n) is 2.55. The molecule has 0 atom stereocenters. The molecule has 1 aromatic heterocycles. The summed E-state index contributed by atoms with van der Waals surface area (Å²) in [6.45, 7) is -0.241. The Morgan fingerprint density at radius 3 is 2.57 bits per heavy atom.